The third-order valence-electron chi connectivity index (χ3n) is 5.41. The Morgan fingerprint density at radius 1 is 0.939 bits per heavy atom. The van der Waals surface area contributed by atoms with E-state index in [1.54, 1.807) is 30.3 Å². The minimum Gasteiger partial charge on any atom is -0.465 e. The lowest BCUT2D eigenvalue weighted by molar-refractivity contribution is -0.115. The van der Waals surface area contributed by atoms with E-state index in [1.165, 1.54) is 19.2 Å². The highest BCUT2D eigenvalue weighted by Crippen LogP contribution is 2.25. The molecule has 0 saturated heterocycles. The number of halogens is 1. The highest BCUT2D eigenvalue weighted by atomic mass is 19.1. The number of carbonyl (C=O) groups excluding carboxylic acids is 2. The maximum Gasteiger partial charge on any atom is 0.337 e. The van der Waals surface area contributed by atoms with E-state index in [-0.39, 0.29) is 23.7 Å². The minimum absolute atomic E-state index is 0.131. The first kappa shape index (κ1) is 22.3. The van der Waals surface area contributed by atoms with Gasteiger partial charge in [0.15, 0.2) is 0 Å². The fourth-order valence-corrected chi connectivity index (χ4v) is 3.34. The molecule has 3 aromatic rings. The lowest BCUT2D eigenvalue weighted by Crippen LogP contribution is -2.26. The Bertz CT molecular complexity index is 1150. The van der Waals surface area contributed by atoms with E-state index >= 15 is 0 Å². The van der Waals surface area contributed by atoms with Crippen molar-refractivity contribution in [1.29, 1.82) is 0 Å². The van der Waals surface area contributed by atoms with Crippen molar-refractivity contribution in [3.05, 3.63) is 101 Å². The van der Waals surface area contributed by atoms with E-state index in [9.17, 15) is 14.0 Å². The van der Waals surface area contributed by atoms with Crippen LogP contribution in [0.3, 0.4) is 0 Å². The summed E-state index contributed by atoms with van der Waals surface area (Å²) in [7, 11) is 1.36. The average molecular weight is 445 g/mol. The zero-order valence-corrected chi connectivity index (χ0v) is 18.3. The molecule has 0 atom stereocenters. The zero-order valence-electron chi connectivity index (χ0n) is 18.3. The summed E-state index contributed by atoms with van der Waals surface area (Å²) in [6, 6.07) is 21.1. The number of anilines is 1. The van der Waals surface area contributed by atoms with Crippen LogP contribution in [-0.4, -0.2) is 25.0 Å². The van der Waals surface area contributed by atoms with Crippen molar-refractivity contribution < 1.29 is 18.7 Å². The number of esters is 1. The molecule has 0 heterocycles. The van der Waals surface area contributed by atoms with Gasteiger partial charge in [0.25, 0.3) is 5.91 Å². The van der Waals surface area contributed by atoms with E-state index in [1.807, 2.05) is 36.4 Å². The van der Waals surface area contributed by atoms with Gasteiger partial charge in [-0.1, -0.05) is 36.4 Å². The Labute approximate surface area is 192 Å². The number of carbonyl (C=O) groups is 2. The number of hydrogen-bond acceptors (Lipinski definition) is 4. The average Bonchev–Trinajstić information content (AvgIpc) is 3.66. The van der Waals surface area contributed by atoms with Crippen molar-refractivity contribution in [3.8, 4) is 0 Å². The predicted molar refractivity (Wildman–Crippen MR) is 127 cm³/mol. The van der Waals surface area contributed by atoms with Crippen molar-refractivity contribution in [2.75, 3.05) is 12.4 Å². The Kier molecular flexibility index (Phi) is 6.83. The normalized spacial score (nSPS) is 13.3. The smallest absolute Gasteiger partial charge is 0.337 e. The van der Waals surface area contributed by atoms with Crippen molar-refractivity contribution >= 4 is 29.2 Å². The van der Waals surface area contributed by atoms with E-state index in [0.29, 0.717) is 17.7 Å². The molecule has 33 heavy (non-hydrogen) atoms. The highest BCUT2D eigenvalue weighted by Gasteiger charge is 2.25. The van der Waals surface area contributed by atoms with Crippen LogP contribution in [0, 0.1) is 5.82 Å². The molecule has 0 aromatic heterocycles. The molecule has 3 aromatic carbocycles. The topological polar surface area (TPSA) is 67.4 Å². The summed E-state index contributed by atoms with van der Waals surface area (Å²) in [5.41, 5.74) is 4.52. The molecule has 0 radical (unpaired) electrons. The summed E-state index contributed by atoms with van der Waals surface area (Å²) in [6.07, 6.45) is 3.78. The number of hydrogen-bond donors (Lipinski definition) is 2. The van der Waals surface area contributed by atoms with Gasteiger partial charge >= 0.3 is 5.97 Å². The van der Waals surface area contributed by atoms with Crippen LogP contribution in [0.5, 0.6) is 0 Å². The molecule has 6 heteroatoms. The minimum atomic E-state index is -0.361. The van der Waals surface area contributed by atoms with Gasteiger partial charge in [-0.25, -0.2) is 9.18 Å². The Hall–Kier alpha value is -3.93. The first-order valence-corrected chi connectivity index (χ1v) is 10.8. The first-order chi connectivity index (χ1) is 16.0. The number of benzene rings is 3. The molecule has 168 valence electrons. The molecule has 1 aliphatic rings. The van der Waals surface area contributed by atoms with E-state index in [2.05, 4.69) is 10.6 Å². The lowest BCUT2D eigenvalue weighted by Gasteiger charge is -2.11. The summed E-state index contributed by atoms with van der Waals surface area (Å²) in [5, 5.41) is 6.37. The molecule has 0 spiro atoms. The van der Waals surface area contributed by atoms with Crippen LogP contribution in [0.2, 0.25) is 0 Å². The van der Waals surface area contributed by atoms with Crippen molar-refractivity contribution in [1.82, 2.24) is 5.32 Å². The molecule has 1 saturated carbocycles. The molecule has 4 rings (SSSR count). The molecule has 0 bridgehead atoms. The molecule has 1 fully saturated rings. The van der Waals surface area contributed by atoms with Gasteiger partial charge in [-0.15, -0.1) is 0 Å². The molecule has 2 N–H and O–H groups in total. The van der Waals surface area contributed by atoms with Gasteiger partial charge in [0.2, 0.25) is 0 Å². The zero-order chi connectivity index (χ0) is 23.2. The number of amides is 1. The monoisotopic (exact) mass is 444 g/mol. The standard InChI is InChI=1S/C27H25FN2O3/c1-33-27(32)21-6-2-19(3-7-21)17-29-23-12-8-20(9-13-23)25(26(31)30-24-14-15-24)16-18-4-10-22(28)11-5-18/h2-13,16,24,29H,14-15,17H2,1H3,(H,30,31)/b25-16+. The third-order valence-corrected chi connectivity index (χ3v) is 5.41. The summed E-state index contributed by atoms with van der Waals surface area (Å²) in [6.45, 7) is 0.585. The maximum atomic E-state index is 13.3. The molecule has 1 amide bonds. The quantitative estimate of drug-likeness (QED) is 0.290. The van der Waals surface area contributed by atoms with Crippen LogP contribution in [0.25, 0.3) is 11.6 Å². The van der Waals surface area contributed by atoms with Gasteiger partial charge < -0.3 is 15.4 Å². The van der Waals surface area contributed by atoms with Crippen molar-refractivity contribution in [3.63, 3.8) is 0 Å². The first-order valence-electron chi connectivity index (χ1n) is 10.8. The molecule has 5 nitrogen and oxygen atoms in total. The van der Waals surface area contributed by atoms with Crippen molar-refractivity contribution in [2.24, 2.45) is 0 Å². The van der Waals surface area contributed by atoms with Crippen LogP contribution in [0.4, 0.5) is 10.1 Å². The molecule has 0 unspecified atom stereocenters. The largest absolute Gasteiger partial charge is 0.465 e. The van der Waals surface area contributed by atoms with Gasteiger partial charge in [0.1, 0.15) is 5.82 Å². The van der Waals surface area contributed by atoms with Crippen molar-refractivity contribution in [2.45, 2.75) is 25.4 Å². The fraction of sp³-hybridized carbons (Fsp3) is 0.185. The third kappa shape index (κ3) is 6.07. The van der Waals surface area contributed by atoms with Gasteiger partial charge in [-0.2, -0.15) is 0 Å². The number of methoxy groups -OCH3 is 1. The Balaban J connectivity index is 1.47. The lowest BCUT2D eigenvalue weighted by atomic mass is 10.0. The summed E-state index contributed by atoms with van der Waals surface area (Å²) in [5.74, 6) is -0.806. The number of nitrogens with one attached hydrogen (secondary N) is 2. The van der Waals surface area contributed by atoms with E-state index in [4.69, 9.17) is 4.74 Å². The second-order valence-corrected chi connectivity index (χ2v) is 7.98. The van der Waals surface area contributed by atoms with Crippen LogP contribution < -0.4 is 10.6 Å². The van der Waals surface area contributed by atoms with Crippen LogP contribution >= 0.6 is 0 Å². The molecular weight excluding hydrogens is 419 g/mol. The van der Waals surface area contributed by atoms with E-state index < -0.39 is 0 Å². The highest BCUT2D eigenvalue weighted by molar-refractivity contribution is 6.24. The summed E-state index contributed by atoms with van der Waals surface area (Å²) < 4.78 is 18.0. The molecular formula is C27H25FN2O3. The van der Waals surface area contributed by atoms with Gasteiger partial charge in [-0.05, 0) is 72.0 Å². The summed E-state index contributed by atoms with van der Waals surface area (Å²) in [4.78, 5) is 24.4. The van der Waals surface area contributed by atoms with Gasteiger partial charge in [0, 0.05) is 23.8 Å². The molecule has 1 aliphatic carbocycles. The summed E-state index contributed by atoms with van der Waals surface area (Å²) >= 11 is 0. The van der Waals surface area contributed by atoms with Crippen LogP contribution in [-0.2, 0) is 16.1 Å². The predicted octanol–water partition coefficient (Wildman–Crippen LogP) is 5.04. The van der Waals surface area contributed by atoms with E-state index in [0.717, 1.165) is 35.2 Å². The fourth-order valence-electron chi connectivity index (χ4n) is 3.34. The van der Waals surface area contributed by atoms with Gasteiger partial charge in [-0.3, -0.25) is 4.79 Å². The SMILES string of the molecule is COC(=O)c1ccc(CNc2ccc(/C(=C\c3ccc(F)cc3)C(=O)NC3CC3)cc2)cc1. The Morgan fingerprint density at radius 3 is 2.18 bits per heavy atom. The van der Waals surface area contributed by atoms with Crippen LogP contribution in [0.15, 0.2) is 72.8 Å². The van der Waals surface area contributed by atoms with Crippen LogP contribution in [0.1, 0.15) is 39.9 Å². The number of rotatable bonds is 8. The second kappa shape index (κ2) is 10.1. The maximum absolute atomic E-state index is 13.3. The van der Waals surface area contributed by atoms with Gasteiger partial charge in [0.05, 0.1) is 12.7 Å². The number of ether oxygens (including phenoxy) is 1. The molecule has 0 aliphatic heterocycles. The second-order valence-electron chi connectivity index (χ2n) is 7.98. The Morgan fingerprint density at radius 2 is 1.58 bits per heavy atom.